The molecule has 0 saturated heterocycles. The van der Waals surface area contributed by atoms with Crippen LogP contribution in [0.15, 0.2) is 18.5 Å². The van der Waals surface area contributed by atoms with Crippen LogP contribution in [-0.4, -0.2) is 10.2 Å². The van der Waals surface area contributed by atoms with Gasteiger partial charge in [-0.25, -0.2) is 0 Å². The molecule has 0 amide bonds. The van der Waals surface area contributed by atoms with Gasteiger partial charge in [0.1, 0.15) is 0 Å². The molecule has 0 aliphatic rings. The zero-order valence-electron chi connectivity index (χ0n) is 3.06. The average Bonchev–Trinajstić information content (AvgIpc) is 1.76. The summed E-state index contributed by atoms with van der Waals surface area (Å²) < 4.78 is 0. The van der Waals surface area contributed by atoms with Crippen LogP contribution in [0.1, 0.15) is 0 Å². The largest absolute Gasteiger partial charge is 0.286 e. The molecule has 1 aromatic heterocycles. The van der Waals surface area contributed by atoms with Crippen molar-refractivity contribution < 1.29 is 20.4 Å². The number of H-pyrrole nitrogens is 1. The van der Waals surface area contributed by atoms with Crippen molar-refractivity contribution in [2.75, 3.05) is 0 Å². The van der Waals surface area contributed by atoms with Gasteiger partial charge in [0.25, 0.3) is 0 Å². The van der Waals surface area contributed by atoms with Gasteiger partial charge in [-0.1, -0.05) is 0 Å². The smallest absolute Gasteiger partial charge is 0.0487 e. The summed E-state index contributed by atoms with van der Waals surface area (Å²) in [5.41, 5.74) is 0. The van der Waals surface area contributed by atoms with Gasteiger partial charge >= 0.3 is 0 Å². The van der Waals surface area contributed by atoms with E-state index in [4.69, 9.17) is 0 Å². The Balaban J connectivity index is 0.000000250. The van der Waals surface area contributed by atoms with Gasteiger partial charge in [-0.2, -0.15) is 5.10 Å². The Hall–Kier alpha value is -0.128. The summed E-state index contributed by atoms with van der Waals surface area (Å²) >= 11 is 0. The third kappa shape index (κ3) is 1.35. The molecule has 1 heterocycles. The second-order valence-electron chi connectivity index (χ2n) is 0.766. The van der Waals surface area contributed by atoms with Gasteiger partial charge in [-0.15, -0.1) is 0 Å². The Morgan fingerprint density at radius 2 is 2.33 bits per heavy atom. The number of rotatable bonds is 0. The standard InChI is InChI=1S/C3H4N2.Re/c1-2-4-5-3-1;/h1-3H,(H,4,5);. The topological polar surface area (TPSA) is 28.7 Å². The summed E-state index contributed by atoms with van der Waals surface area (Å²) in [5, 5.41) is 6.21. The molecule has 2 nitrogen and oxygen atoms in total. The Kier molecular flexibility index (Phi) is 3.01. The van der Waals surface area contributed by atoms with E-state index in [1.54, 1.807) is 12.4 Å². The van der Waals surface area contributed by atoms with Gasteiger partial charge in [0.2, 0.25) is 0 Å². The van der Waals surface area contributed by atoms with Crippen LogP contribution < -0.4 is 0 Å². The molecule has 0 unspecified atom stereocenters. The maximum atomic E-state index is 3.60. The van der Waals surface area contributed by atoms with E-state index in [-0.39, 0.29) is 20.4 Å². The first-order valence-electron chi connectivity index (χ1n) is 1.44. The molecule has 0 saturated carbocycles. The van der Waals surface area contributed by atoms with Crippen molar-refractivity contribution in [3.63, 3.8) is 0 Å². The Morgan fingerprint density at radius 1 is 1.50 bits per heavy atom. The van der Waals surface area contributed by atoms with Crippen molar-refractivity contribution >= 4 is 0 Å². The van der Waals surface area contributed by atoms with Crippen LogP contribution in [-0.2, 0) is 20.4 Å². The Labute approximate surface area is 49.6 Å². The molecule has 1 N–H and O–H groups in total. The minimum Gasteiger partial charge on any atom is -0.286 e. The van der Waals surface area contributed by atoms with Gasteiger partial charge in [0.05, 0.1) is 0 Å². The second kappa shape index (κ2) is 3.08. The van der Waals surface area contributed by atoms with E-state index in [0.29, 0.717) is 0 Å². The Bertz CT molecular complexity index is 65.3. The van der Waals surface area contributed by atoms with E-state index in [9.17, 15) is 0 Å². The van der Waals surface area contributed by atoms with Gasteiger partial charge < -0.3 is 0 Å². The molecular formula is C3H4N2Re. The third-order valence-corrected chi connectivity index (χ3v) is 0.406. The molecule has 33 valence electrons. The van der Waals surface area contributed by atoms with Crippen LogP contribution in [0.3, 0.4) is 0 Å². The van der Waals surface area contributed by atoms with Crippen molar-refractivity contribution in [1.29, 1.82) is 0 Å². The predicted molar refractivity (Wildman–Crippen MR) is 18.6 cm³/mol. The van der Waals surface area contributed by atoms with E-state index >= 15 is 0 Å². The SMILES string of the molecule is [Re].c1cn[nH]c1. The fourth-order valence-corrected chi connectivity index (χ4v) is 0.215. The summed E-state index contributed by atoms with van der Waals surface area (Å²) in [6.07, 6.45) is 3.46. The molecule has 0 atom stereocenters. The summed E-state index contributed by atoms with van der Waals surface area (Å²) in [6, 6.07) is 1.83. The first-order valence-corrected chi connectivity index (χ1v) is 1.44. The molecule has 3 heteroatoms. The van der Waals surface area contributed by atoms with E-state index in [1.807, 2.05) is 6.07 Å². The first kappa shape index (κ1) is 5.87. The second-order valence-corrected chi connectivity index (χ2v) is 0.766. The van der Waals surface area contributed by atoms with Crippen molar-refractivity contribution in [1.82, 2.24) is 10.2 Å². The maximum Gasteiger partial charge on any atom is 0.0487 e. The minimum atomic E-state index is 0. The number of hydrogen-bond acceptors (Lipinski definition) is 1. The molecule has 1 rings (SSSR count). The average molecular weight is 254 g/mol. The van der Waals surface area contributed by atoms with Crippen LogP contribution in [0.5, 0.6) is 0 Å². The summed E-state index contributed by atoms with van der Waals surface area (Å²) in [7, 11) is 0. The molecule has 0 spiro atoms. The summed E-state index contributed by atoms with van der Waals surface area (Å²) in [5.74, 6) is 0. The van der Waals surface area contributed by atoms with Gasteiger partial charge in [-0.05, 0) is 6.07 Å². The zero-order chi connectivity index (χ0) is 3.54. The van der Waals surface area contributed by atoms with E-state index < -0.39 is 0 Å². The van der Waals surface area contributed by atoms with Crippen molar-refractivity contribution in [3.05, 3.63) is 18.5 Å². The van der Waals surface area contributed by atoms with Crippen LogP contribution in [0.4, 0.5) is 0 Å². The number of hydrogen-bond donors (Lipinski definition) is 1. The maximum absolute atomic E-state index is 3.60. The van der Waals surface area contributed by atoms with Gasteiger partial charge in [0.15, 0.2) is 0 Å². The molecule has 0 aromatic carbocycles. The monoisotopic (exact) mass is 255 g/mol. The number of nitrogens with zero attached hydrogens (tertiary/aromatic N) is 1. The molecule has 0 aliphatic heterocycles. The molecule has 0 fully saturated rings. The Morgan fingerprint density at radius 3 is 2.50 bits per heavy atom. The molecule has 0 aliphatic carbocycles. The zero-order valence-corrected chi connectivity index (χ0v) is 5.77. The van der Waals surface area contributed by atoms with E-state index in [1.165, 1.54) is 0 Å². The molecular weight excluding hydrogens is 250 g/mol. The molecule has 6 heavy (non-hydrogen) atoms. The van der Waals surface area contributed by atoms with Gasteiger partial charge in [0, 0.05) is 32.8 Å². The summed E-state index contributed by atoms with van der Waals surface area (Å²) in [6.45, 7) is 0. The van der Waals surface area contributed by atoms with Crippen molar-refractivity contribution in [3.8, 4) is 0 Å². The normalized spacial score (nSPS) is 6.67. The van der Waals surface area contributed by atoms with Crippen molar-refractivity contribution in [2.24, 2.45) is 0 Å². The number of aromatic amines is 1. The fraction of sp³-hybridized carbons (Fsp3) is 0. The van der Waals surface area contributed by atoms with E-state index in [0.717, 1.165) is 0 Å². The molecule has 1 aromatic rings. The van der Waals surface area contributed by atoms with Crippen LogP contribution >= 0.6 is 0 Å². The quantitative estimate of drug-likeness (QED) is 0.713. The predicted octanol–water partition coefficient (Wildman–Crippen LogP) is 0.407. The summed E-state index contributed by atoms with van der Waals surface area (Å²) in [4.78, 5) is 0. The minimum absolute atomic E-state index is 0. The van der Waals surface area contributed by atoms with E-state index in [2.05, 4.69) is 10.2 Å². The van der Waals surface area contributed by atoms with Crippen molar-refractivity contribution in [2.45, 2.75) is 0 Å². The molecule has 1 radical (unpaired) electrons. The first-order chi connectivity index (χ1) is 2.50. The number of aromatic nitrogens is 2. The van der Waals surface area contributed by atoms with Crippen LogP contribution in [0.25, 0.3) is 0 Å². The fourth-order valence-electron chi connectivity index (χ4n) is 0.215. The van der Waals surface area contributed by atoms with Gasteiger partial charge in [-0.3, -0.25) is 5.10 Å². The van der Waals surface area contributed by atoms with Crippen LogP contribution in [0.2, 0.25) is 0 Å². The number of nitrogens with one attached hydrogen (secondary N) is 1. The van der Waals surface area contributed by atoms with Crippen LogP contribution in [0, 0.1) is 0 Å². The molecule has 0 bridgehead atoms. The third-order valence-electron chi connectivity index (χ3n) is 0.406.